The summed E-state index contributed by atoms with van der Waals surface area (Å²) in [5.74, 6) is 0. The molecule has 0 bridgehead atoms. The number of hydrogen-bond acceptors (Lipinski definition) is 2. The summed E-state index contributed by atoms with van der Waals surface area (Å²) in [5, 5.41) is 0. The second-order valence-corrected chi connectivity index (χ2v) is 6.27. The lowest BCUT2D eigenvalue weighted by atomic mass is 9.85. The van der Waals surface area contributed by atoms with E-state index in [2.05, 4.69) is 52.8 Å². The van der Waals surface area contributed by atoms with Crippen molar-refractivity contribution in [1.82, 2.24) is 4.90 Å². The average Bonchev–Trinajstić information content (AvgIpc) is 3.00. The zero-order valence-electron chi connectivity index (χ0n) is 12.6. The van der Waals surface area contributed by atoms with Crippen molar-refractivity contribution in [2.75, 3.05) is 14.1 Å². The molecule has 1 aliphatic rings. The Morgan fingerprint density at radius 3 is 1.83 bits per heavy atom. The minimum atomic E-state index is -0.0146. The number of hydrogen-bond donors (Lipinski definition) is 1. The maximum atomic E-state index is 6.52. The molecule has 2 rings (SSSR count). The molecular formula is C16H26N2. The van der Waals surface area contributed by atoms with Crippen LogP contribution < -0.4 is 5.73 Å². The van der Waals surface area contributed by atoms with Crippen LogP contribution in [0.5, 0.6) is 0 Å². The minimum Gasteiger partial charge on any atom is -0.323 e. The fraction of sp³-hybridized carbons (Fsp3) is 0.625. The van der Waals surface area contributed by atoms with Crippen LogP contribution in [0.4, 0.5) is 0 Å². The van der Waals surface area contributed by atoms with Crippen LogP contribution in [0.1, 0.15) is 46.7 Å². The molecule has 0 amide bonds. The third-order valence-corrected chi connectivity index (χ3v) is 4.59. The predicted octanol–water partition coefficient (Wildman–Crippen LogP) is 3.01. The van der Waals surface area contributed by atoms with Gasteiger partial charge in [0.25, 0.3) is 0 Å². The van der Waals surface area contributed by atoms with Crippen molar-refractivity contribution in [3.63, 3.8) is 0 Å². The predicted molar refractivity (Wildman–Crippen MR) is 78.0 cm³/mol. The van der Waals surface area contributed by atoms with E-state index in [1.807, 2.05) is 0 Å². The van der Waals surface area contributed by atoms with Crippen molar-refractivity contribution in [2.24, 2.45) is 5.73 Å². The summed E-state index contributed by atoms with van der Waals surface area (Å²) in [6.45, 7) is 8.88. The Bertz CT molecular complexity index is 444. The van der Waals surface area contributed by atoms with Crippen LogP contribution in [0, 0.1) is 27.7 Å². The number of aryl methyl sites for hydroxylation is 2. The largest absolute Gasteiger partial charge is 0.323 e. The van der Waals surface area contributed by atoms with Crippen LogP contribution in [-0.2, 0) is 0 Å². The first-order chi connectivity index (χ1) is 8.28. The first-order valence-electron chi connectivity index (χ1n) is 6.80. The highest BCUT2D eigenvalue weighted by Gasteiger charge is 2.48. The van der Waals surface area contributed by atoms with E-state index in [0.717, 1.165) is 12.8 Å². The molecule has 0 spiro atoms. The summed E-state index contributed by atoms with van der Waals surface area (Å²) in [6, 6.07) is 2.63. The van der Waals surface area contributed by atoms with Gasteiger partial charge in [-0.2, -0.15) is 0 Å². The van der Waals surface area contributed by atoms with Gasteiger partial charge in [0.2, 0.25) is 0 Å². The van der Waals surface area contributed by atoms with Crippen LogP contribution in [0.25, 0.3) is 0 Å². The standard InChI is InChI=1S/C16H26N2/c1-10-9-11(2)13(4)14(12(10)3)15(18(5)6)16(17)7-8-16/h9,15H,7-8,17H2,1-6H3. The summed E-state index contributed by atoms with van der Waals surface area (Å²) in [4.78, 5) is 2.29. The van der Waals surface area contributed by atoms with Gasteiger partial charge in [-0.1, -0.05) is 6.07 Å². The van der Waals surface area contributed by atoms with Gasteiger partial charge in [-0.25, -0.2) is 0 Å². The summed E-state index contributed by atoms with van der Waals surface area (Å²) < 4.78 is 0. The molecule has 1 atom stereocenters. The molecule has 18 heavy (non-hydrogen) atoms. The molecule has 100 valence electrons. The maximum absolute atomic E-state index is 6.52. The van der Waals surface area contributed by atoms with E-state index in [1.54, 1.807) is 0 Å². The van der Waals surface area contributed by atoms with Gasteiger partial charge >= 0.3 is 0 Å². The topological polar surface area (TPSA) is 29.3 Å². The SMILES string of the molecule is Cc1cc(C)c(C)c(C(N(C)C)C2(N)CC2)c1C. The lowest BCUT2D eigenvalue weighted by Crippen LogP contribution is -2.40. The summed E-state index contributed by atoms with van der Waals surface area (Å²) in [7, 11) is 4.29. The zero-order chi connectivity index (χ0) is 13.7. The molecule has 0 radical (unpaired) electrons. The number of nitrogens with zero attached hydrogens (tertiary/aromatic N) is 1. The quantitative estimate of drug-likeness (QED) is 0.888. The fourth-order valence-corrected chi connectivity index (χ4v) is 3.14. The molecule has 0 aromatic heterocycles. The highest BCUT2D eigenvalue weighted by Crippen LogP contribution is 2.48. The molecule has 1 aliphatic carbocycles. The third-order valence-electron chi connectivity index (χ3n) is 4.59. The van der Waals surface area contributed by atoms with Gasteiger partial charge in [0.05, 0.1) is 6.04 Å². The normalized spacial score (nSPS) is 19.1. The van der Waals surface area contributed by atoms with Crippen molar-refractivity contribution in [2.45, 2.75) is 52.1 Å². The van der Waals surface area contributed by atoms with E-state index < -0.39 is 0 Å². The molecule has 0 saturated heterocycles. The summed E-state index contributed by atoms with van der Waals surface area (Å²) >= 11 is 0. The van der Waals surface area contributed by atoms with Crippen molar-refractivity contribution < 1.29 is 0 Å². The second-order valence-electron chi connectivity index (χ2n) is 6.27. The monoisotopic (exact) mass is 246 g/mol. The Kier molecular flexibility index (Phi) is 3.28. The van der Waals surface area contributed by atoms with Gasteiger partial charge in [0, 0.05) is 5.54 Å². The van der Waals surface area contributed by atoms with Gasteiger partial charge in [0.1, 0.15) is 0 Å². The van der Waals surface area contributed by atoms with E-state index in [0.29, 0.717) is 6.04 Å². The highest BCUT2D eigenvalue weighted by molar-refractivity contribution is 5.47. The van der Waals surface area contributed by atoms with E-state index in [4.69, 9.17) is 5.73 Å². The molecule has 1 unspecified atom stereocenters. The van der Waals surface area contributed by atoms with E-state index in [9.17, 15) is 0 Å². The molecule has 2 nitrogen and oxygen atoms in total. The number of nitrogens with two attached hydrogens (primary N) is 1. The fourth-order valence-electron chi connectivity index (χ4n) is 3.14. The van der Waals surface area contributed by atoms with Crippen LogP contribution in [-0.4, -0.2) is 24.5 Å². The van der Waals surface area contributed by atoms with Crippen LogP contribution in [0.3, 0.4) is 0 Å². The first kappa shape index (κ1) is 13.6. The first-order valence-corrected chi connectivity index (χ1v) is 6.80. The molecule has 1 fully saturated rings. The van der Waals surface area contributed by atoms with E-state index >= 15 is 0 Å². The van der Waals surface area contributed by atoms with Crippen molar-refractivity contribution in [3.8, 4) is 0 Å². The number of benzene rings is 1. The van der Waals surface area contributed by atoms with Crippen LogP contribution in [0.15, 0.2) is 6.07 Å². The van der Waals surface area contributed by atoms with Crippen molar-refractivity contribution in [1.29, 1.82) is 0 Å². The van der Waals surface area contributed by atoms with Gasteiger partial charge in [-0.05, 0) is 82.4 Å². The highest BCUT2D eigenvalue weighted by atomic mass is 15.2. The number of likely N-dealkylation sites (N-methyl/N-ethyl adjacent to an activating group) is 1. The van der Waals surface area contributed by atoms with Gasteiger partial charge in [-0.3, -0.25) is 0 Å². The Morgan fingerprint density at radius 1 is 1.06 bits per heavy atom. The molecule has 1 aromatic carbocycles. The molecule has 2 heteroatoms. The molecular weight excluding hydrogens is 220 g/mol. The average molecular weight is 246 g/mol. The van der Waals surface area contributed by atoms with E-state index in [1.165, 1.54) is 27.8 Å². The lowest BCUT2D eigenvalue weighted by Gasteiger charge is -2.34. The molecule has 1 saturated carbocycles. The third kappa shape index (κ3) is 2.08. The minimum absolute atomic E-state index is 0.0146. The summed E-state index contributed by atoms with van der Waals surface area (Å²) in [6.07, 6.45) is 2.28. The van der Waals surface area contributed by atoms with Crippen LogP contribution in [0.2, 0.25) is 0 Å². The second kappa shape index (κ2) is 4.36. The Balaban J connectivity index is 2.61. The smallest absolute Gasteiger partial charge is 0.0528 e. The maximum Gasteiger partial charge on any atom is 0.0528 e. The summed E-state index contributed by atoms with van der Waals surface area (Å²) in [5.41, 5.74) is 13.5. The lowest BCUT2D eigenvalue weighted by molar-refractivity contribution is 0.244. The van der Waals surface area contributed by atoms with Gasteiger partial charge in [0.15, 0.2) is 0 Å². The molecule has 1 aromatic rings. The van der Waals surface area contributed by atoms with Crippen LogP contribution >= 0.6 is 0 Å². The zero-order valence-corrected chi connectivity index (χ0v) is 12.6. The Morgan fingerprint density at radius 2 is 1.50 bits per heavy atom. The van der Waals surface area contributed by atoms with Crippen molar-refractivity contribution in [3.05, 3.63) is 33.9 Å². The van der Waals surface area contributed by atoms with Gasteiger partial charge in [-0.15, -0.1) is 0 Å². The van der Waals surface area contributed by atoms with Crippen molar-refractivity contribution >= 4 is 0 Å². The molecule has 2 N–H and O–H groups in total. The molecule has 0 aliphatic heterocycles. The number of rotatable bonds is 3. The van der Waals surface area contributed by atoms with E-state index in [-0.39, 0.29) is 5.54 Å². The Hall–Kier alpha value is -0.860. The van der Waals surface area contributed by atoms with Gasteiger partial charge < -0.3 is 10.6 Å². The Labute approximate surface area is 111 Å². The molecule has 0 heterocycles.